The molecule has 2 rings (SSSR count). The first kappa shape index (κ1) is 15.7. The van der Waals surface area contributed by atoms with Gasteiger partial charge in [-0.25, -0.2) is 0 Å². The van der Waals surface area contributed by atoms with Gasteiger partial charge < -0.3 is 4.74 Å². The summed E-state index contributed by atoms with van der Waals surface area (Å²) in [5.41, 5.74) is 2.06. The fourth-order valence-electron chi connectivity index (χ4n) is 1.87. The molecule has 1 heterocycles. The van der Waals surface area contributed by atoms with E-state index in [1.165, 1.54) is 0 Å². The number of hydrogen-bond donors (Lipinski definition) is 0. The molecule has 0 aliphatic heterocycles. The van der Waals surface area contributed by atoms with Gasteiger partial charge in [-0.3, -0.25) is 4.68 Å². The number of aromatic nitrogens is 2. The Kier molecular flexibility index (Phi) is 5.35. The molecule has 20 heavy (non-hydrogen) atoms. The van der Waals surface area contributed by atoms with E-state index in [0.29, 0.717) is 22.4 Å². The second-order valence-corrected chi connectivity index (χ2v) is 5.85. The second kappa shape index (κ2) is 6.83. The summed E-state index contributed by atoms with van der Waals surface area (Å²) in [5, 5.41) is 5.54. The second-order valence-electron chi connectivity index (χ2n) is 4.24. The molecule has 1 aromatic carbocycles. The van der Waals surface area contributed by atoms with E-state index in [2.05, 4.69) is 34.9 Å². The molecule has 0 N–H and O–H groups in total. The molecule has 0 amide bonds. The molecule has 1 aromatic heterocycles. The maximum absolute atomic E-state index is 5.97. The quantitative estimate of drug-likeness (QED) is 0.723. The largest absolute Gasteiger partial charge is 0.487 e. The van der Waals surface area contributed by atoms with Crippen LogP contribution in [0.15, 0.2) is 22.7 Å². The molecule has 0 saturated carbocycles. The summed E-state index contributed by atoms with van der Waals surface area (Å²) in [6.45, 7) is 5.37. The van der Waals surface area contributed by atoms with Crippen LogP contribution in [0.25, 0.3) is 0 Å². The third-order valence-corrected chi connectivity index (χ3v) is 4.62. The standard InChI is InChI=1S/C14H15BrCl2N2O/c1-3-12-14(15)13(19(4-2)18-12)8-20-9-5-6-10(16)11(17)7-9/h5-7H,3-4,8H2,1-2H3. The zero-order valence-electron chi connectivity index (χ0n) is 11.3. The Morgan fingerprint density at radius 1 is 1.25 bits per heavy atom. The molecule has 0 spiro atoms. The Morgan fingerprint density at radius 3 is 2.60 bits per heavy atom. The molecule has 0 aliphatic rings. The van der Waals surface area contributed by atoms with Crippen molar-refractivity contribution in [2.45, 2.75) is 33.4 Å². The number of rotatable bonds is 5. The van der Waals surface area contributed by atoms with E-state index < -0.39 is 0 Å². The van der Waals surface area contributed by atoms with Crippen LogP contribution in [0.5, 0.6) is 5.75 Å². The van der Waals surface area contributed by atoms with E-state index in [0.717, 1.165) is 28.8 Å². The average molecular weight is 378 g/mol. The van der Waals surface area contributed by atoms with Crippen LogP contribution in [-0.2, 0) is 19.6 Å². The van der Waals surface area contributed by atoms with Crippen LogP contribution < -0.4 is 4.74 Å². The minimum Gasteiger partial charge on any atom is -0.487 e. The van der Waals surface area contributed by atoms with Gasteiger partial charge in [0.15, 0.2) is 0 Å². The molecule has 0 aliphatic carbocycles. The van der Waals surface area contributed by atoms with E-state index in [4.69, 9.17) is 27.9 Å². The predicted octanol–water partition coefficient (Wildman–Crippen LogP) is 5.11. The number of nitrogens with zero attached hydrogens (tertiary/aromatic N) is 2. The molecular formula is C14H15BrCl2N2O. The lowest BCUT2D eigenvalue weighted by Gasteiger charge is -2.09. The van der Waals surface area contributed by atoms with Crippen molar-refractivity contribution >= 4 is 39.1 Å². The molecule has 3 nitrogen and oxygen atoms in total. The van der Waals surface area contributed by atoms with Crippen LogP contribution in [-0.4, -0.2) is 9.78 Å². The third-order valence-electron chi connectivity index (χ3n) is 2.96. The van der Waals surface area contributed by atoms with Crippen molar-refractivity contribution in [3.05, 3.63) is 44.1 Å². The highest BCUT2D eigenvalue weighted by molar-refractivity contribution is 9.10. The van der Waals surface area contributed by atoms with Gasteiger partial charge in [-0.2, -0.15) is 5.10 Å². The number of aryl methyl sites for hydroxylation is 2. The summed E-state index contributed by atoms with van der Waals surface area (Å²) in [6, 6.07) is 5.24. The number of ether oxygens (including phenoxy) is 1. The van der Waals surface area contributed by atoms with E-state index in [-0.39, 0.29) is 0 Å². The summed E-state index contributed by atoms with van der Waals surface area (Å²) in [5.74, 6) is 0.688. The van der Waals surface area contributed by atoms with E-state index >= 15 is 0 Å². The molecule has 6 heteroatoms. The summed E-state index contributed by atoms with van der Waals surface area (Å²) in [4.78, 5) is 0. The van der Waals surface area contributed by atoms with Gasteiger partial charge in [-0.1, -0.05) is 30.1 Å². The molecule has 0 fully saturated rings. The highest BCUT2D eigenvalue weighted by atomic mass is 79.9. The summed E-state index contributed by atoms with van der Waals surface area (Å²) >= 11 is 15.4. The van der Waals surface area contributed by atoms with Crippen LogP contribution in [0.3, 0.4) is 0 Å². The monoisotopic (exact) mass is 376 g/mol. The maximum atomic E-state index is 5.97. The zero-order valence-corrected chi connectivity index (χ0v) is 14.4. The Hall–Kier alpha value is -0.710. The van der Waals surface area contributed by atoms with Crippen molar-refractivity contribution in [2.75, 3.05) is 0 Å². The first-order chi connectivity index (χ1) is 9.56. The lowest BCUT2D eigenvalue weighted by molar-refractivity contribution is 0.291. The minimum atomic E-state index is 0.430. The van der Waals surface area contributed by atoms with Crippen LogP contribution in [0.1, 0.15) is 25.2 Å². The van der Waals surface area contributed by atoms with Gasteiger partial charge in [0, 0.05) is 12.6 Å². The number of benzene rings is 1. The summed E-state index contributed by atoms with van der Waals surface area (Å²) < 4.78 is 8.74. The fraction of sp³-hybridized carbons (Fsp3) is 0.357. The molecule has 0 radical (unpaired) electrons. The van der Waals surface area contributed by atoms with Gasteiger partial charge in [0.25, 0.3) is 0 Å². The first-order valence-corrected chi connectivity index (χ1v) is 7.93. The number of halogens is 3. The minimum absolute atomic E-state index is 0.430. The molecule has 0 unspecified atom stereocenters. The number of hydrogen-bond acceptors (Lipinski definition) is 2. The molecule has 2 aromatic rings. The molecular weight excluding hydrogens is 363 g/mol. The molecule has 0 atom stereocenters. The topological polar surface area (TPSA) is 27.1 Å². The third kappa shape index (κ3) is 3.30. The summed E-state index contributed by atoms with van der Waals surface area (Å²) in [7, 11) is 0. The smallest absolute Gasteiger partial charge is 0.131 e. The Balaban J connectivity index is 2.17. The van der Waals surface area contributed by atoms with Crippen molar-refractivity contribution < 1.29 is 4.74 Å². The lowest BCUT2D eigenvalue weighted by Crippen LogP contribution is -2.06. The Morgan fingerprint density at radius 2 is 2.00 bits per heavy atom. The van der Waals surface area contributed by atoms with E-state index in [9.17, 15) is 0 Å². The predicted molar refractivity (Wildman–Crippen MR) is 85.8 cm³/mol. The van der Waals surface area contributed by atoms with Crippen LogP contribution in [0, 0.1) is 0 Å². The van der Waals surface area contributed by atoms with E-state index in [1.807, 2.05) is 4.68 Å². The van der Waals surface area contributed by atoms with Gasteiger partial charge in [-0.15, -0.1) is 0 Å². The molecule has 0 bridgehead atoms. The Bertz CT molecular complexity index is 613. The highest BCUT2D eigenvalue weighted by Gasteiger charge is 2.14. The fourth-order valence-corrected chi connectivity index (χ4v) is 2.84. The van der Waals surface area contributed by atoms with Crippen molar-refractivity contribution in [2.24, 2.45) is 0 Å². The lowest BCUT2D eigenvalue weighted by atomic mass is 10.3. The van der Waals surface area contributed by atoms with Crippen molar-refractivity contribution in [1.29, 1.82) is 0 Å². The average Bonchev–Trinajstić information content (AvgIpc) is 2.76. The van der Waals surface area contributed by atoms with Gasteiger partial charge in [0.1, 0.15) is 12.4 Å². The normalized spacial score (nSPS) is 10.8. The molecule has 0 saturated heterocycles. The molecule has 108 valence electrons. The van der Waals surface area contributed by atoms with Crippen molar-refractivity contribution in [3.8, 4) is 5.75 Å². The van der Waals surface area contributed by atoms with Crippen LogP contribution >= 0.6 is 39.1 Å². The Labute approximate surface area is 137 Å². The van der Waals surface area contributed by atoms with Crippen molar-refractivity contribution in [3.63, 3.8) is 0 Å². The first-order valence-electron chi connectivity index (χ1n) is 6.38. The highest BCUT2D eigenvalue weighted by Crippen LogP contribution is 2.28. The van der Waals surface area contributed by atoms with Crippen LogP contribution in [0.2, 0.25) is 10.0 Å². The van der Waals surface area contributed by atoms with Crippen molar-refractivity contribution in [1.82, 2.24) is 9.78 Å². The van der Waals surface area contributed by atoms with Gasteiger partial charge in [0.2, 0.25) is 0 Å². The zero-order chi connectivity index (χ0) is 14.7. The maximum Gasteiger partial charge on any atom is 0.131 e. The van der Waals surface area contributed by atoms with Gasteiger partial charge >= 0.3 is 0 Å². The summed E-state index contributed by atoms with van der Waals surface area (Å²) in [6.07, 6.45) is 0.882. The SMILES string of the molecule is CCc1nn(CC)c(COc2ccc(Cl)c(Cl)c2)c1Br. The van der Waals surface area contributed by atoms with Crippen LogP contribution in [0.4, 0.5) is 0 Å². The van der Waals surface area contributed by atoms with Gasteiger partial charge in [-0.05, 0) is 41.4 Å². The van der Waals surface area contributed by atoms with E-state index in [1.54, 1.807) is 18.2 Å². The van der Waals surface area contributed by atoms with Gasteiger partial charge in [0.05, 0.1) is 25.9 Å².